The fourth-order valence-electron chi connectivity index (χ4n) is 2.26. The van der Waals surface area contributed by atoms with E-state index in [-0.39, 0.29) is 17.5 Å². The minimum atomic E-state index is -2.93. The number of sulfone groups is 1. The zero-order chi connectivity index (χ0) is 13.6. The topological polar surface area (TPSA) is 78.0 Å². The fraction of sp³-hybridized carbons (Fsp3) is 0.364. The Kier molecular flexibility index (Phi) is 3.34. The van der Waals surface area contributed by atoms with Crippen LogP contribution in [0, 0.1) is 2.88 Å². The maximum atomic E-state index is 11.5. The molecule has 1 saturated heterocycles. The van der Waals surface area contributed by atoms with Crippen molar-refractivity contribution in [3.63, 3.8) is 0 Å². The third kappa shape index (κ3) is 2.65. The van der Waals surface area contributed by atoms with Crippen LogP contribution in [0.5, 0.6) is 0 Å². The van der Waals surface area contributed by atoms with E-state index >= 15 is 0 Å². The minimum Gasteiger partial charge on any atom is -0.384 e. The first-order valence-electron chi connectivity index (χ1n) is 5.74. The monoisotopic (exact) mass is 409 g/mol. The molecule has 1 unspecified atom stereocenters. The highest BCUT2D eigenvalue weighted by molar-refractivity contribution is 14.1. The number of thiophene rings is 1. The van der Waals surface area contributed by atoms with E-state index in [0.29, 0.717) is 12.2 Å². The molecule has 102 valence electrons. The summed E-state index contributed by atoms with van der Waals surface area (Å²) in [5.74, 6) is 0.889. The molecule has 2 N–H and O–H groups in total. The van der Waals surface area contributed by atoms with E-state index in [1.807, 2.05) is 17.5 Å². The van der Waals surface area contributed by atoms with Crippen LogP contribution in [0.15, 0.2) is 17.5 Å². The predicted octanol–water partition coefficient (Wildman–Crippen LogP) is 2.16. The molecule has 2 aromatic heterocycles. The Morgan fingerprint density at radius 2 is 2.26 bits per heavy atom. The molecule has 1 atom stereocenters. The second kappa shape index (κ2) is 4.74. The number of hydrogen-bond donors (Lipinski definition) is 1. The van der Waals surface area contributed by atoms with Crippen molar-refractivity contribution in [2.45, 2.75) is 12.5 Å². The standard InChI is InChI=1S/C11H12IN3O2S2/c12-10-3-7(5-18-10)9-4-11(13)15(14-9)8-1-2-19(16,17)6-8/h3-5,8H,1-2,6,13H2. The molecule has 1 aliphatic heterocycles. The lowest BCUT2D eigenvalue weighted by atomic mass is 10.2. The molecule has 3 heterocycles. The van der Waals surface area contributed by atoms with Crippen LogP contribution in [0.2, 0.25) is 0 Å². The molecule has 1 fully saturated rings. The van der Waals surface area contributed by atoms with Gasteiger partial charge in [0.05, 0.1) is 26.1 Å². The van der Waals surface area contributed by atoms with E-state index in [9.17, 15) is 8.42 Å². The zero-order valence-corrected chi connectivity index (χ0v) is 13.7. The smallest absolute Gasteiger partial charge is 0.152 e. The zero-order valence-electron chi connectivity index (χ0n) is 9.91. The van der Waals surface area contributed by atoms with Crippen LogP contribution in [-0.2, 0) is 9.84 Å². The minimum absolute atomic E-state index is 0.128. The second-order valence-electron chi connectivity index (χ2n) is 4.60. The van der Waals surface area contributed by atoms with Gasteiger partial charge in [0.25, 0.3) is 0 Å². The average Bonchev–Trinajstić information content (AvgIpc) is 2.98. The lowest BCUT2D eigenvalue weighted by molar-refractivity contribution is 0.508. The van der Waals surface area contributed by atoms with E-state index < -0.39 is 9.84 Å². The Morgan fingerprint density at radius 1 is 1.47 bits per heavy atom. The number of aromatic nitrogens is 2. The summed E-state index contributed by atoms with van der Waals surface area (Å²) in [7, 11) is -2.93. The SMILES string of the molecule is Nc1cc(-c2csc(I)c2)nn1C1CCS(=O)(=O)C1. The number of nitrogens with two attached hydrogens (primary N) is 1. The first kappa shape index (κ1) is 13.4. The molecule has 8 heteroatoms. The van der Waals surface area contributed by atoms with Gasteiger partial charge in [-0.1, -0.05) is 0 Å². The Hall–Kier alpha value is -0.610. The van der Waals surface area contributed by atoms with Crippen molar-refractivity contribution in [2.24, 2.45) is 0 Å². The number of hydrogen-bond acceptors (Lipinski definition) is 5. The number of rotatable bonds is 2. The third-order valence-electron chi connectivity index (χ3n) is 3.18. The molecular formula is C11H12IN3O2S2. The molecule has 2 aromatic rings. The Bertz CT molecular complexity index is 720. The summed E-state index contributed by atoms with van der Waals surface area (Å²) < 4.78 is 25.9. The summed E-state index contributed by atoms with van der Waals surface area (Å²) in [5, 5.41) is 6.50. The van der Waals surface area contributed by atoms with E-state index in [4.69, 9.17) is 5.73 Å². The summed E-state index contributed by atoms with van der Waals surface area (Å²) in [6.07, 6.45) is 0.592. The highest BCUT2D eigenvalue weighted by Gasteiger charge is 2.31. The maximum Gasteiger partial charge on any atom is 0.152 e. The van der Waals surface area contributed by atoms with Crippen molar-refractivity contribution >= 4 is 49.6 Å². The Labute approximate surface area is 128 Å². The predicted molar refractivity (Wildman–Crippen MR) is 85.0 cm³/mol. The normalized spacial score (nSPS) is 21.8. The van der Waals surface area contributed by atoms with Crippen LogP contribution in [0.4, 0.5) is 5.82 Å². The molecule has 3 rings (SSSR count). The molecule has 5 nitrogen and oxygen atoms in total. The van der Waals surface area contributed by atoms with Crippen molar-refractivity contribution in [3.05, 3.63) is 20.4 Å². The summed E-state index contributed by atoms with van der Waals surface area (Å²) in [5.41, 5.74) is 7.80. The highest BCUT2D eigenvalue weighted by atomic mass is 127. The van der Waals surface area contributed by atoms with E-state index in [0.717, 1.165) is 11.3 Å². The lowest BCUT2D eigenvalue weighted by Gasteiger charge is -2.09. The molecule has 0 amide bonds. The van der Waals surface area contributed by atoms with Crippen molar-refractivity contribution < 1.29 is 8.42 Å². The Balaban J connectivity index is 1.94. The van der Waals surface area contributed by atoms with Gasteiger partial charge < -0.3 is 5.73 Å². The van der Waals surface area contributed by atoms with Gasteiger partial charge in [0, 0.05) is 17.0 Å². The van der Waals surface area contributed by atoms with Gasteiger partial charge in [-0.2, -0.15) is 5.10 Å². The fourth-order valence-corrected chi connectivity index (χ4v) is 5.29. The van der Waals surface area contributed by atoms with Crippen LogP contribution < -0.4 is 5.73 Å². The van der Waals surface area contributed by atoms with Gasteiger partial charge in [0.1, 0.15) is 5.82 Å². The van der Waals surface area contributed by atoms with Gasteiger partial charge in [0.15, 0.2) is 9.84 Å². The van der Waals surface area contributed by atoms with E-state index in [2.05, 4.69) is 27.7 Å². The van der Waals surface area contributed by atoms with E-state index in [1.54, 1.807) is 16.0 Å². The molecular weight excluding hydrogens is 397 g/mol. The number of nitrogen functional groups attached to an aromatic ring is 1. The van der Waals surface area contributed by atoms with Gasteiger partial charge in [-0.3, -0.25) is 0 Å². The van der Waals surface area contributed by atoms with E-state index in [1.165, 1.54) is 2.88 Å². The summed E-state index contributed by atoms with van der Waals surface area (Å²) in [6, 6.07) is 3.72. The van der Waals surface area contributed by atoms with Crippen LogP contribution in [0.25, 0.3) is 11.3 Å². The molecule has 0 saturated carbocycles. The van der Waals surface area contributed by atoms with Crippen molar-refractivity contribution in [1.29, 1.82) is 0 Å². The van der Waals surface area contributed by atoms with Crippen LogP contribution in [0.1, 0.15) is 12.5 Å². The van der Waals surface area contributed by atoms with Gasteiger partial charge in [-0.05, 0) is 35.1 Å². The van der Waals surface area contributed by atoms with Crippen molar-refractivity contribution in [1.82, 2.24) is 9.78 Å². The first-order valence-corrected chi connectivity index (χ1v) is 9.52. The molecule has 0 aromatic carbocycles. The van der Waals surface area contributed by atoms with Gasteiger partial charge >= 0.3 is 0 Å². The molecule has 0 bridgehead atoms. The molecule has 1 aliphatic rings. The first-order chi connectivity index (χ1) is 8.94. The number of nitrogens with zero attached hydrogens (tertiary/aromatic N) is 2. The largest absolute Gasteiger partial charge is 0.384 e. The quantitative estimate of drug-likeness (QED) is 0.772. The Morgan fingerprint density at radius 3 is 2.84 bits per heavy atom. The summed E-state index contributed by atoms with van der Waals surface area (Å²) >= 11 is 3.91. The average molecular weight is 409 g/mol. The second-order valence-corrected chi connectivity index (χ2v) is 9.63. The summed E-state index contributed by atoms with van der Waals surface area (Å²) in [4.78, 5) is 0. The van der Waals surface area contributed by atoms with Crippen LogP contribution in [-0.4, -0.2) is 29.7 Å². The summed E-state index contributed by atoms with van der Waals surface area (Å²) in [6.45, 7) is 0. The maximum absolute atomic E-state index is 11.5. The van der Waals surface area contributed by atoms with Crippen molar-refractivity contribution in [3.8, 4) is 11.3 Å². The molecule has 19 heavy (non-hydrogen) atoms. The van der Waals surface area contributed by atoms with Crippen LogP contribution >= 0.6 is 33.9 Å². The molecule has 0 spiro atoms. The molecule has 0 radical (unpaired) electrons. The van der Waals surface area contributed by atoms with Gasteiger partial charge in [-0.25, -0.2) is 13.1 Å². The highest BCUT2D eigenvalue weighted by Crippen LogP contribution is 2.30. The lowest BCUT2D eigenvalue weighted by Crippen LogP contribution is -2.14. The van der Waals surface area contributed by atoms with Crippen LogP contribution in [0.3, 0.4) is 0 Å². The van der Waals surface area contributed by atoms with Gasteiger partial charge in [-0.15, -0.1) is 11.3 Å². The molecule has 0 aliphatic carbocycles. The van der Waals surface area contributed by atoms with Gasteiger partial charge in [0.2, 0.25) is 0 Å². The third-order valence-corrected chi connectivity index (χ3v) is 6.72. The number of halogens is 1. The number of anilines is 1. The van der Waals surface area contributed by atoms with Crippen molar-refractivity contribution in [2.75, 3.05) is 17.2 Å².